The lowest BCUT2D eigenvalue weighted by atomic mass is 10.0. The van der Waals surface area contributed by atoms with Gasteiger partial charge in [-0.1, -0.05) is 28.1 Å². The smallest absolute Gasteiger partial charge is 0.124 e. The normalized spacial score (nSPS) is 13.1. The molecule has 1 aliphatic rings. The Labute approximate surface area is 128 Å². The first-order valence-electron chi connectivity index (χ1n) is 6.13. The predicted octanol–water partition coefficient (Wildman–Crippen LogP) is 5.40. The van der Waals surface area contributed by atoms with Crippen LogP contribution in [0, 0.1) is 0 Å². The molecule has 0 amide bonds. The summed E-state index contributed by atoms with van der Waals surface area (Å²) < 4.78 is 1.11. The molecule has 1 aromatic carbocycles. The minimum atomic E-state index is 1.11. The molecule has 0 saturated carbocycles. The molecule has 1 nitrogen and oxygen atoms in total. The number of fused-ring (bicyclic) bond motifs is 3. The molecular formula is C15H10BrNS2. The van der Waals surface area contributed by atoms with E-state index in [4.69, 9.17) is 4.98 Å². The first-order valence-corrected chi connectivity index (χ1v) is 8.62. The van der Waals surface area contributed by atoms with Crippen LogP contribution in [0.25, 0.3) is 21.8 Å². The van der Waals surface area contributed by atoms with Gasteiger partial charge in [-0.3, -0.25) is 0 Å². The number of benzene rings is 1. The number of thiophene rings is 1. The third-order valence-corrected chi connectivity index (χ3v) is 5.99. The molecule has 0 saturated heterocycles. The highest BCUT2D eigenvalue weighted by Gasteiger charge is 2.22. The number of hydrogen-bond donors (Lipinski definition) is 0. The Balaban J connectivity index is 1.86. The molecule has 1 aliphatic carbocycles. The number of aromatic nitrogens is 1. The lowest BCUT2D eigenvalue weighted by molar-refractivity contribution is 0.979. The quantitative estimate of drug-likeness (QED) is 0.574. The van der Waals surface area contributed by atoms with Crippen LogP contribution >= 0.6 is 38.6 Å². The second-order valence-corrected chi connectivity index (χ2v) is 7.56. The maximum absolute atomic E-state index is 4.88. The van der Waals surface area contributed by atoms with E-state index in [2.05, 4.69) is 45.6 Å². The zero-order valence-electron chi connectivity index (χ0n) is 10.0. The molecule has 94 valence electrons. The van der Waals surface area contributed by atoms with Crippen LogP contribution in [0.3, 0.4) is 0 Å². The van der Waals surface area contributed by atoms with Gasteiger partial charge in [0.2, 0.25) is 0 Å². The highest BCUT2D eigenvalue weighted by molar-refractivity contribution is 9.10. The SMILES string of the molecule is Brc1cccc(-c2nc3c(s2)CCc2sccc2-3)c1. The van der Waals surface area contributed by atoms with Gasteiger partial charge in [0.25, 0.3) is 0 Å². The van der Waals surface area contributed by atoms with E-state index in [1.807, 2.05) is 28.7 Å². The third kappa shape index (κ3) is 1.98. The van der Waals surface area contributed by atoms with E-state index in [-0.39, 0.29) is 0 Å². The maximum atomic E-state index is 4.88. The fraction of sp³-hybridized carbons (Fsp3) is 0.133. The highest BCUT2D eigenvalue weighted by atomic mass is 79.9. The van der Waals surface area contributed by atoms with Gasteiger partial charge in [0, 0.05) is 25.4 Å². The number of hydrogen-bond acceptors (Lipinski definition) is 3. The van der Waals surface area contributed by atoms with Crippen LogP contribution in [-0.4, -0.2) is 4.98 Å². The van der Waals surface area contributed by atoms with Crippen LogP contribution in [0.15, 0.2) is 40.2 Å². The molecule has 0 atom stereocenters. The molecule has 0 aliphatic heterocycles. The summed E-state index contributed by atoms with van der Waals surface area (Å²) in [6.07, 6.45) is 2.30. The largest absolute Gasteiger partial charge is 0.236 e. The van der Waals surface area contributed by atoms with E-state index < -0.39 is 0 Å². The number of halogens is 1. The minimum absolute atomic E-state index is 1.11. The molecule has 0 fully saturated rings. The second kappa shape index (κ2) is 4.54. The molecule has 0 bridgehead atoms. The van der Waals surface area contributed by atoms with Crippen LogP contribution in [0.1, 0.15) is 9.75 Å². The van der Waals surface area contributed by atoms with Gasteiger partial charge >= 0.3 is 0 Å². The molecule has 0 unspecified atom stereocenters. The Morgan fingerprint density at radius 3 is 2.89 bits per heavy atom. The van der Waals surface area contributed by atoms with Crippen molar-refractivity contribution in [2.24, 2.45) is 0 Å². The summed E-state index contributed by atoms with van der Waals surface area (Å²) >= 11 is 7.22. The summed E-state index contributed by atoms with van der Waals surface area (Å²) in [5.74, 6) is 0. The average molecular weight is 348 g/mol. The fourth-order valence-electron chi connectivity index (χ4n) is 2.45. The maximum Gasteiger partial charge on any atom is 0.124 e. The van der Waals surface area contributed by atoms with E-state index in [0.29, 0.717) is 0 Å². The number of thiazole rings is 1. The molecule has 2 aromatic heterocycles. The van der Waals surface area contributed by atoms with Gasteiger partial charge in [-0.25, -0.2) is 4.98 Å². The molecule has 0 radical (unpaired) electrons. The van der Waals surface area contributed by atoms with Gasteiger partial charge in [0.1, 0.15) is 5.01 Å². The van der Waals surface area contributed by atoms with Crippen molar-refractivity contribution in [1.29, 1.82) is 0 Å². The Hall–Kier alpha value is -0.970. The highest BCUT2D eigenvalue weighted by Crippen LogP contribution is 2.41. The summed E-state index contributed by atoms with van der Waals surface area (Å²) in [5.41, 5.74) is 3.76. The van der Waals surface area contributed by atoms with Crippen molar-refractivity contribution in [2.75, 3.05) is 0 Å². The van der Waals surface area contributed by atoms with Crippen molar-refractivity contribution in [3.63, 3.8) is 0 Å². The van der Waals surface area contributed by atoms with Crippen molar-refractivity contribution in [2.45, 2.75) is 12.8 Å². The molecule has 4 rings (SSSR count). The van der Waals surface area contributed by atoms with Crippen LogP contribution in [0.4, 0.5) is 0 Å². The zero-order chi connectivity index (χ0) is 12.8. The van der Waals surface area contributed by atoms with Crippen molar-refractivity contribution in [3.05, 3.63) is 49.9 Å². The van der Waals surface area contributed by atoms with E-state index in [1.165, 1.54) is 33.0 Å². The Bertz CT molecular complexity index is 757. The molecule has 19 heavy (non-hydrogen) atoms. The summed E-state index contributed by atoms with van der Waals surface area (Å²) in [4.78, 5) is 7.80. The van der Waals surface area contributed by atoms with Gasteiger partial charge in [0.15, 0.2) is 0 Å². The minimum Gasteiger partial charge on any atom is -0.236 e. The van der Waals surface area contributed by atoms with Gasteiger partial charge in [-0.15, -0.1) is 22.7 Å². The zero-order valence-corrected chi connectivity index (χ0v) is 13.2. The first kappa shape index (κ1) is 11.8. The van der Waals surface area contributed by atoms with Gasteiger partial charge < -0.3 is 0 Å². The van der Waals surface area contributed by atoms with Gasteiger partial charge in [-0.2, -0.15) is 0 Å². The summed E-state index contributed by atoms with van der Waals surface area (Å²) in [6, 6.07) is 10.6. The van der Waals surface area contributed by atoms with E-state index >= 15 is 0 Å². The Morgan fingerprint density at radius 2 is 2.00 bits per heavy atom. The average Bonchev–Trinajstić information content (AvgIpc) is 3.04. The molecule has 3 aromatic rings. The van der Waals surface area contributed by atoms with E-state index in [9.17, 15) is 0 Å². The monoisotopic (exact) mass is 347 g/mol. The standard InChI is InChI=1S/C15H10BrNS2/c16-10-3-1-2-9(8-10)15-17-14-11-6-7-18-12(11)4-5-13(14)19-15/h1-3,6-8H,4-5H2. The van der Waals surface area contributed by atoms with Crippen molar-refractivity contribution in [1.82, 2.24) is 4.98 Å². The Morgan fingerprint density at radius 1 is 1.11 bits per heavy atom. The molecule has 4 heteroatoms. The van der Waals surface area contributed by atoms with Gasteiger partial charge in [0.05, 0.1) is 5.69 Å². The molecular weight excluding hydrogens is 338 g/mol. The number of aryl methyl sites for hydroxylation is 2. The van der Waals surface area contributed by atoms with Crippen LogP contribution < -0.4 is 0 Å². The lowest BCUT2D eigenvalue weighted by Gasteiger charge is -2.09. The Kier molecular flexibility index (Phi) is 2.83. The van der Waals surface area contributed by atoms with Crippen molar-refractivity contribution >= 4 is 38.6 Å². The second-order valence-electron chi connectivity index (χ2n) is 4.56. The predicted molar refractivity (Wildman–Crippen MR) is 86.0 cm³/mol. The summed E-state index contributed by atoms with van der Waals surface area (Å²) in [5, 5.41) is 3.31. The van der Waals surface area contributed by atoms with Crippen molar-refractivity contribution in [3.8, 4) is 21.8 Å². The van der Waals surface area contributed by atoms with Gasteiger partial charge in [-0.05, 0) is 36.4 Å². The number of nitrogens with zero attached hydrogens (tertiary/aromatic N) is 1. The molecule has 0 N–H and O–H groups in total. The molecule has 2 heterocycles. The molecule has 0 spiro atoms. The third-order valence-electron chi connectivity index (χ3n) is 3.35. The summed E-state index contributed by atoms with van der Waals surface area (Å²) in [6.45, 7) is 0. The topological polar surface area (TPSA) is 12.9 Å². The van der Waals surface area contributed by atoms with E-state index in [0.717, 1.165) is 15.9 Å². The number of rotatable bonds is 1. The van der Waals surface area contributed by atoms with E-state index in [1.54, 1.807) is 0 Å². The van der Waals surface area contributed by atoms with Crippen LogP contribution in [0.2, 0.25) is 0 Å². The van der Waals surface area contributed by atoms with Crippen LogP contribution in [-0.2, 0) is 12.8 Å². The lowest BCUT2D eigenvalue weighted by Crippen LogP contribution is -1.97. The summed E-state index contributed by atoms with van der Waals surface area (Å²) in [7, 11) is 0. The van der Waals surface area contributed by atoms with Crippen LogP contribution in [0.5, 0.6) is 0 Å². The van der Waals surface area contributed by atoms with Crippen molar-refractivity contribution < 1.29 is 0 Å². The fourth-order valence-corrected chi connectivity index (χ4v) is 4.80. The first-order chi connectivity index (χ1) is 9.31.